The SMILES string of the molecule is C=C(C)C(=O)O[C@H]1C2=C(C)C(=O)O[C@]2(OC)C[C@H]2CC[C@H]3O[C@@]3(C)[C@]21C. The van der Waals surface area contributed by atoms with Gasteiger partial charge in [0.2, 0.25) is 5.79 Å². The van der Waals surface area contributed by atoms with Crippen LogP contribution in [0.1, 0.15) is 47.0 Å². The number of carbonyl (C=O) groups is 2. The molecule has 2 heterocycles. The zero-order valence-corrected chi connectivity index (χ0v) is 16.0. The van der Waals surface area contributed by atoms with E-state index in [-0.39, 0.29) is 12.0 Å². The number of hydrogen-bond acceptors (Lipinski definition) is 6. The molecule has 0 aromatic heterocycles. The molecule has 6 atom stereocenters. The molecule has 0 amide bonds. The van der Waals surface area contributed by atoms with Gasteiger partial charge in [0.15, 0.2) is 0 Å². The highest BCUT2D eigenvalue weighted by molar-refractivity contribution is 5.93. The van der Waals surface area contributed by atoms with Crippen molar-refractivity contribution < 1.29 is 28.5 Å². The van der Waals surface area contributed by atoms with Gasteiger partial charge in [-0.2, -0.15) is 0 Å². The topological polar surface area (TPSA) is 74.4 Å². The number of fused-ring (bicyclic) bond motifs is 4. The lowest BCUT2D eigenvalue weighted by molar-refractivity contribution is -0.235. The van der Waals surface area contributed by atoms with Crippen molar-refractivity contribution in [2.75, 3.05) is 7.11 Å². The van der Waals surface area contributed by atoms with Gasteiger partial charge in [-0.1, -0.05) is 13.5 Å². The second-order valence-corrected chi connectivity index (χ2v) is 8.43. The van der Waals surface area contributed by atoms with Crippen molar-refractivity contribution >= 4 is 11.9 Å². The smallest absolute Gasteiger partial charge is 0.336 e. The van der Waals surface area contributed by atoms with Crippen molar-refractivity contribution in [3.63, 3.8) is 0 Å². The van der Waals surface area contributed by atoms with Crippen LogP contribution in [0.3, 0.4) is 0 Å². The van der Waals surface area contributed by atoms with E-state index in [9.17, 15) is 9.59 Å². The summed E-state index contributed by atoms with van der Waals surface area (Å²) in [6.07, 6.45) is 1.90. The van der Waals surface area contributed by atoms with E-state index in [0.717, 1.165) is 12.8 Å². The lowest BCUT2D eigenvalue weighted by atomic mass is 9.52. The Morgan fingerprint density at radius 1 is 1.31 bits per heavy atom. The summed E-state index contributed by atoms with van der Waals surface area (Å²) >= 11 is 0. The largest absolute Gasteiger partial charge is 0.453 e. The van der Waals surface area contributed by atoms with Crippen LogP contribution in [0.2, 0.25) is 0 Å². The van der Waals surface area contributed by atoms with E-state index in [1.54, 1.807) is 13.8 Å². The highest BCUT2D eigenvalue weighted by Crippen LogP contribution is 2.68. The van der Waals surface area contributed by atoms with E-state index in [2.05, 4.69) is 20.4 Å². The summed E-state index contributed by atoms with van der Waals surface area (Å²) in [5.74, 6) is -1.92. The summed E-state index contributed by atoms with van der Waals surface area (Å²) in [5.41, 5.74) is 0.534. The first-order valence-corrected chi connectivity index (χ1v) is 9.15. The molecular weight excluding hydrogens is 336 g/mol. The van der Waals surface area contributed by atoms with Gasteiger partial charge >= 0.3 is 11.9 Å². The lowest BCUT2D eigenvalue weighted by Gasteiger charge is -2.55. The van der Waals surface area contributed by atoms with Crippen LogP contribution < -0.4 is 0 Å². The molecule has 142 valence electrons. The van der Waals surface area contributed by atoms with Gasteiger partial charge in [-0.15, -0.1) is 0 Å². The number of methoxy groups -OCH3 is 1. The number of hydrogen-bond donors (Lipinski definition) is 0. The molecule has 0 unspecified atom stereocenters. The Kier molecular flexibility index (Phi) is 3.55. The van der Waals surface area contributed by atoms with Gasteiger partial charge in [0, 0.05) is 30.1 Å². The Balaban J connectivity index is 1.88. The van der Waals surface area contributed by atoms with Crippen LogP contribution in [0.15, 0.2) is 23.3 Å². The molecule has 0 N–H and O–H groups in total. The van der Waals surface area contributed by atoms with Crippen molar-refractivity contribution in [2.45, 2.75) is 70.6 Å². The van der Waals surface area contributed by atoms with Crippen molar-refractivity contribution in [3.05, 3.63) is 23.3 Å². The van der Waals surface area contributed by atoms with Crippen LogP contribution in [-0.2, 0) is 28.5 Å². The van der Waals surface area contributed by atoms with Crippen molar-refractivity contribution in [1.29, 1.82) is 0 Å². The molecular formula is C20H26O6. The number of rotatable bonds is 3. The molecule has 2 aliphatic heterocycles. The molecule has 4 rings (SSSR count). The molecule has 2 saturated carbocycles. The van der Waals surface area contributed by atoms with E-state index in [0.29, 0.717) is 23.1 Å². The van der Waals surface area contributed by atoms with Crippen molar-refractivity contribution in [2.24, 2.45) is 11.3 Å². The van der Waals surface area contributed by atoms with Gasteiger partial charge in [-0.05, 0) is 39.5 Å². The van der Waals surface area contributed by atoms with Crippen molar-refractivity contribution in [1.82, 2.24) is 0 Å². The molecule has 4 aliphatic rings. The maximum Gasteiger partial charge on any atom is 0.336 e. The summed E-state index contributed by atoms with van der Waals surface area (Å²) in [4.78, 5) is 24.9. The minimum absolute atomic E-state index is 0.136. The predicted molar refractivity (Wildman–Crippen MR) is 92.0 cm³/mol. The Labute approximate surface area is 153 Å². The molecule has 0 spiro atoms. The minimum atomic E-state index is -1.16. The van der Waals surface area contributed by atoms with Crippen molar-refractivity contribution in [3.8, 4) is 0 Å². The van der Waals surface area contributed by atoms with Crippen LogP contribution in [0, 0.1) is 11.3 Å². The predicted octanol–water partition coefficient (Wildman–Crippen LogP) is 2.67. The second kappa shape index (κ2) is 5.20. The molecule has 0 aromatic rings. The average molecular weight is 362 g/mol. The average Bonchev–Trinajstić information content (AvgIpc) is 3.21. The maximum atomic E-state index is 12.5. The standard InChI is InChI=1S/C20H26O6/c1-10(2)16(21)24-15-14-11(3)17(22)26-20(14,23-6)9-12-7-8-13-19(5,25-13)18(12,15)4/h12-13,15H,1,7-9H2,2-6H3/t12-,13-,15+,18-,19-,20-/m1/s1. The molecule has 6 heteroatoms. The normalized spacial score (nSPS) is 46.0. The first kappa shape index (κ1) is 17.7. The summed E-state index contributed by atoms with van der Waals surface area (Å²) in [6.45, 7) is 11.2. The maximum absolute atomic E-state index is 12.5. The highest BCUT2D eigenvalue weighted by atomic mass is 16.7. The van der Waals surface area contributed by atoms with Gasteiger partial charge in [0.25, 0.3) is 0 Å². The first-order chi connectivity index (χ1) is 12.1. The molecule has 0 aromatic carbocycles. The molecule has 26 heavy (non-hydrogen) atoms. The quantitative estimate of drug-likeness (QED) is 0.437. The fourth-order valence-corrected chi connectivity index (χ4v) is 5.39. The molecule has 2 aliphatic carbocycles. The van der Waals surface area contributed by atoms with Crippen LogP contribution in [-0.4, -0.2) is 42.6 Å². The molecule has 6 nitrogen and oxygen atoms in total. The Morgan fingerprint density at radius 2 is 2.00 bits per heavy atom. The van der Waals surface area contributed by atoms with E-state index in [4.69, 9.17) is 18.9 Å². The van der Waals surface area contributed by atoms with Gasteiger partial charge in [-0.3, -0.25) is 0 Å². The van der Waals surface area contributed by atoms with E-state index < -0.39 is 34.8 Å². The molecule has 0 radical (unpaired) electrons. The molecule has 3 fully saturated rings. The third-order valence-electron chi connectivity index (χ3n) is 7.24. The Morgan fingerprint density at radius 3 is 2.62 bits per heavy atom. The fraction of sp³-hybridized carbons (Fsp3) is 0.700. The highest BCUT2D eigenvalue weighted by Gasteiger charge is 2.76. The fourth-order valence-electron chi connectivity index (χ4n) is 5.39. The zero-order valence-electron chi connectivity index (χ0n) is 16.0. The van der Waals surface area contributed by atoms with Crippen LogP contribution >= 0.6 is 0 Å². The number of ether oxygens (including phenoxy) is 4. The second-order valence-electron chi connectivity index (χ2n) is 8.43. The van der Waals surface area contributed by atoms with Crippen LogP contribution in [0.5, 0.6) is 0 Å². The summed E-state index contributed by atoms with van der Waals surface area (Å²) in [7, 11) is 1.53. The van der Waals surface area contributed by atoms with E-state index in [1.165, 1.54) is 7.11 Å². The summed E-state index contributed by atoms with van der Waals surface area (Å²) in [5, 5.41) is 0. The number of epoxide rings is 1. The Bertz CT molecular complexity index is 753. The number of carbonyl (C=O) groups excluding carboxylic acids is 2. The van der Waals surface area contributed by atoms with Crippen LogP contribution in [0.4, 0.5) is 0 Å². The minimum Gasteiger partial charge on any atom is -0.453 e. The van der Waals surface area contributed by atoms with E-state index in [1.807, 2.05) is 0 Å². The molecule has 1 saturated heterocycles. The Hall–Kier alpha value is -1.66. The zero-order chi connectivity index (χ0) is 19.1. The van der Waals surface area contributed by atoms with E-state index >= 15 is 0 Å². The lowest BCUT2D eigenvalue weighted by Crippen LogP contribution is -2.63. The summed E-state index contributed by atoms with van der Waals surface area (Å²) < 4.78 is 23.5. The van der Waals surface area contributed by atoms with Gasteiger partial charge < -0.3 is 18.9 Å². The summed E-state index contributed by atoms with van der Waals surface area (Å²) in [6, 6.07) is 0. The third kappa shape index (κ3) is 1.94. The third-order valence-corrected chi connectivity index (χ3v) is 7.24. The first-order valence-electron chi connectivity index (χ1n) is 9.15. The van der Waals surface area contributed by atoms with Gasteiger partial charge in [0.1, 0.15) is 11.7 Å². The van der Waals surface area contributed by atoms with Gasteiger partial charge in [0.05, 0.1) is 11.7 Å². The van der Waals surface area contributed by atoms with Crippen LogP contribution in [0.25, 0.3) is 0 Å². The van der Waals surface area contributed by atoms with Gasteiger partial charge in [-0.25, -0.2) is 9.59 Å². The number of esters is 2. The molecule has 0 bridgehead atoms. The monoisotopic (exact) mass is 362 g/mol.